The molecular formula is C12H14N2O. The highest BCUT2D eigenvalue weighted by Crippen LogP contribution is 2.24. The van der Waals surface area contributed by atoms with Gasteiger partial charge >= 0.3 is 0 Å². The third kappa shape index (κ3) is 1.77. The number of hydrogen-bond acceptors (Lipinski definition) is 2. The van der Waals surface area contributed by atoms with E-state index >= 15 is 0 Å². The van der Waals surface area contributed by atoms with Crippen LogP contribution in [0.4, 0.5) is 5.69 Å². The third-order valence-corrected chi connectivity index (χ3v) is 2.51. The van der Waals surface area contributed by atoms with Gasteiger partial charge in [-0.25, -0.2) is 5.01 Å². The van der Waals surface area contributed by atoms with Crippen molar-refractivity contribution >= 4 is 17.3 Å². The van der Waals surface area contributed by atoms with Gasteiger partial charge in [-0.05, 0) is 25.0 Å². The van der Waals surface area contributed by atoms with E-state index in [0.717, 1.165) is 23.4 Å². The van der Waals surface area contributed by atoms with E-state index < -0.39 is 0 Å². The molecule has 0 aromatic heterocycles. The molecule has 1 amide bonds. The summed E-state index contributed by atoms with van der Waals surface area (Å²) in [6, 6.07) is 7.90. The van der Waals surface area contributed by atoms with Crippen LogP contribution in [0.3, 0.4) is 0 Å². The van der Waals surface area contributed by atoms with Gasteiger partial charge in [0, 0.05) is 5.71 Å². The van der Waals surface area contributed by atoms with E-state index in [4.69, 9.17) is 0 Å². The van der Waals surface area contributed by atoms with Crippen LogP contribution in [-0.2, 0) is 11.2 Å². The van der Waals surface area contributed by atoms with Crippen molar-refractivity contribution < 1.29 is 4.79 Å². The van der Waals surface area contributed by atoms with Crippen LogP contribution in [0.5, 0.6) is 0 Å². The zero-order valence-electron chi connectivity index (χ0n) is 9.03. The molecule has 0 saturated carbocycles. The predicted octanol–water partition coefficient (Wildman–Crippen LogP) is 2.36. The Balaban J connectivity index is 2.41. The summed E-state index contributed by atoms with van der Waals surface area (Å²) in [4.78, 5) is 11.7. The number of anilines is 1. The molecule has 78 valence electrons. The third-order valence-electron chi connectivity index (χ3n) is 2.51. The van der Waals surface area contributed by atoms with E-state index in [9.17, 15) is 4.79 Å². The molecule has 1 aromatic carbocycles. The second kappa shape index (κ2) is 3.85. The molecule has 3 nitrogen and oxygen atoms in total. The molecule has 1 aliphatic rings. The molecule has 1 aliphatic heterocycles. The maximum atomic E-state index is 11.7. The highest BCUT2D eigenvalue weighted by atomic mass is 16.2. The van der Waals surface area contributed by atoms with E-state index in [0.29, 0.717) is 6.42 Å². The Morgan fingerprint density at radius 2 is 2.13 bits per heavy atom. The van der Waals surface area contributed by atoms with E-state index in [-0.39, 0.29) is 5.91 Å². The molecule has 0 spiro atoms. The van der Waals surface area contributed by atoms with Gasteiger partial charge in [0.2, 0.25) is 0 Å². The van der Waals surface area contributed by atoms with E-state index in [1.807, 2.05) is 31.2 Å². The fraction of sp³-hybridized carbons (Fsp3) is 0.333. The molecular weight excluding hydrogens is 188 g/mol. The summed E-state index contributed by atoms with van der Waals surface area (Å²) in [7, 11) is 0. The quantitative estimate of drug-likeness (QED) is 0.724. The smallest absolute Gasteiger partial charge is 0.253 e. The summed E-state index contributed by atoms with van der Waals surface area (Å²) in [5, 5.41) is 5.77. The van der Waals surface area contributed by atoms with Crippen molar-refractivity contribution in [3.05, 3.63) is 29.8 Å². The monoisotopic (exact) mass is 202 g/mol. The Morgan fingerprint density at radius 1 is 1.40 bits per heavy atom. The molecule has 0 atom stereocenters. The number of hydrazone groups is 1. The Bertz CT molecular complexity index is 423. The summed E-state index contributed by atoms with van der Waals surface area (Å²) < 4.78 is 0. The van der Waals surface area contributed by atoms with Crippen LogP contribution in [0.1, 0.15) is 25.8 Å². The molecule has 1 aromatic rings. The number of para-hydroxylation sites is 1. The first-order valence-corrected chi connectivity index (χ1v) is 5.17. The number of carbonyl (C=O) groups is 1. The van der Waals surface area contributed by atoms with Crippen molar-refractivity contribution in [3.63, 3.8) is 0 Å². The lowest BCUT2D eigenvalue weighted by molar-refractivity contribution is -0.116. The zero-order chi connectivity index (χ0) is 10.8. The van der Waals surface area contributed by atoms with E-state index in [1.165, 1.54) is 5.01 Å². The fourth-order valence-corrected chi connectivity index (χ4v) is 1.76. The van der Waals surface area contributed by atoms with E-state index in [1.54, 1.807) is 0 Å². The van der Waals surface area contributed by atoms with Crippen LogP contribution in [0.25, 0.3) is 0 Å². The molecule has 0 radical (unpaired) electrons. The lowest BCUT2D eigenvalue weighted by Crippen LogP contribution is -2.20. The maximum absolute atomic E-state index is 11.7. The maximum Gasteiger partial charge on any atom is 0.253 e. The molecule has 1 heterocycles. The Hall–Kier alpha value is -1.64. The number of hydrogen-bond donors (Lipinski definition) is 0. The summed E-state index contributed by atoms with van der Waals surface area (Å²) >= 11 is 0. The Morgan fingerprint density at radius 3 is 2.73 bits per heavy atom. The van der Waals surface area contributed by atoms with Gasteiger partial charge in [0.05, 0.1) is 12.1 Å². The molecule has 0 aliphatic carbocycles. The van der Waals surface area contributed by atoms with Crippen molar-refractivity contribution in [2.75, 3.05) is 5.01 Å². The number of nitrogens with zero attached hydrogens (tertiary/aromatic N) is 2. The lowest BCUT2D eigenvalue weighted by atomic mass is 10.1. The molecule has 2 rings (SSSR count). The van der Waals surface area contributed by atoms with Crippen LogP contribution in [0.15, 0.2) is 29.4 Å². The molecule has 15 heavy (non-hydrogen) atoms. The summed E-state index contributed by atoms with van der Waals surface area (Å²) in [6.45, 7) is 3.96. The minimum atomic E-state index is 0.0633. The standard InChI is InChI=1S/C12H14N2O/c1-3-10-6-4-5-7-11(10)14-12(15)8-9(2)13-14/h4-7H,3,8H2,1-2H3. The number of rotatable bonds is 2. The average molecular weight is 202 g/mol. The van der Waals surface area contributed by atoms with Gasteiger partial charge in [-0.3, -0.25) is 4.79 Å². The number of amides is 1. The first-order valence-electron chi connectivity index (χ1n) is 5.17. The van der Waals surface area contributed by atoms with Crippen LogP contribution < -0.4 is 5.01 Å². The predicted molar refractivity (Wildman–Crippen MR) is 61.0 cm³/mol. The molecule has 0 N–H and O–H groups in total. The van der Waals surface area contributed by atoms with Gasteiger partial charge in [-0.1, -0.05) is 25.1 Å². The SMILES string of the molecule is CCc1ccccc1N1N=C(C)CC1=O. The van der Waals surface area contributed by atoms with Crippen molar-refractivity contribution in [2.24, 2.45) is 5.10 Å². The van der Waals surface area contributed by atoms with Crippen LogP contribution in [0, 0.1) is 0 Å². The van der Waals surface area contributed by atoms with Gasteiger partial charge in [0.1, 0.15) is 0 Å². The molecule has 0 saturated heterocycles. The highest BCUT2D eigenvalue weighted by Gasteiger charge is 2.23. The largest absolute Gasteiger partial charge is 0.272 e. The number of benzene rings is 1. The summed E-state index contributed by atoms with van der Waals surface area (Å²) in [5.74, 6) is 0.0633. The van der Waals surface area contributed by atoms with E-state index in [2.05, 4.69) is 12.0 Å². The first-order chi connectivity index (χ1) is 7.22. The number of carbonyl (C=O) groups excluding carboxylic acids is 1. The molecule has 3 heteroatoms. The van der Waals surface area contributed by atoms with Gasteiger partial charge in [-0.15, -0.1) is 0 Å². The van der Waals surface area contributed by atoms with Crippen LogP contribution in [-0.4, -0.2) is 11.6 Å². The van der Waals surface area contributed by atoms with Gasteiger partial charge in [-0.2, -0.15) is 5.10 Å². The minimum Gasteiger partial charge on any atom is -0.272 e. The van der Waals surface area contributed by atoms with Crippen molar-refractivity contribution in [1.82, 2.24) is 0 Å². The van der Waals surface area contributed by atoms with Gasteiger partial charge in [0.15, 0.2) is 0 Å². The average Bonchev–Trinajstić information content (AvgIpc) is 2.57. The number of aryl methyl sites for hydroxylation is 1. The molecule has 0 unspecified atom stereocenters. The van der Waals surface area contributed by atoms with Crippen LogP contribution in [0.2, 0.25) is 0 Å². The van der Waals surface area contributed by atoms with Gasteiger partial charge < -0.3 is 0 Å². The zero-order valence-corrected chi connectivity index (χ0v) is 9.03. The normalized spacial score (nSPS) is 15.7. The summed E-state index contributed by atoms with van der Waals surface area (Å²) in [5.41, 5.74) is 2.96. The first kappa shape index (κ1) is 9.90. The fourth-order valence-electron chi connectivity index (χ4n) is 1.76. The second-order valence-corrected chi connectivity index (χ2v) is 3.70. The van der Waals surface area contributed by atoms with Gasteiger partial charge in [0.25, 0.3) is 5.91 Å². The molecule has 0 bridgehead atoms. The second-order valence-electron chi connectivity index (χ2n) is 3.70. The summed E-state index contributed by atoms with van der Waals surface area (Å²) in [6.07, 6.45) is 1.35. The van der Waals surface area contributed by atoms with Crippen LogP contribution >= 0.6 is 0 Å². The Kier molecular flexibility index (Phi) is 2.54. The van der Waals surface area contributed by atoms with Crippen molar-refractivity contribution in [1.29, 1.82) is 0 Å². The highest BCUT2D eigenvalue weighted by molar-refractivity contribution is 6.12. The van der Waals surface area contributed by atoms with Crippen molar-refractivity contribution in [2.45, 2.75) is 26.7 Å². The topological polar surface area (TPSA) is 32.7 Å². The Labute approximate surface area is 89.4 Å². The molecule has 0 fully saturated rings. The lowest BCUT2D eigenvalue weighted by Gasteiger charge is -2.15. The minimum absolute atomic E-state index is 0.0633. The van der Waals surface area contributed by atoms with Crippen molar-refractivity contribution in [3.8, 4) is 0 Å².